The van der Waals surface area contributed by atoms with Gasteiger partial charge in [-0.15, -0.1) is 0 Å². The molecule has 0 saturated carbocycles. The number of pyridine rings is 1. The van der Waals surface area contributed by atoms with E-state index in [1.165, 1.54) is 0 Å². The average molecular weight is 404 g/mol. The van der Waals surface area contributed by atoms with Gasteiger partial charge in [0.05, 0.1) is 18.4 Å². The number of benzene rings is 1. The summed E-state index contributed by atoms with van der Waals surface area (Å²) in [5.74, 6) is -0.114. The van der Waals surface area contributed by atoms with Crippen LogP contribution < -0.4 is 10.1 Å². The van der Waals surface area contributed by atoms with E-state index in [0.717, 1.165) is 35.5 Å². The Morgan fingerprint density at radius 2 is 1.97 bits per heavy atom. The van der Waals surface area contributed by atoms with Crippen molar-refractivity contribution in [3.63, 3.8) is 0 Å². The van der Waals surface area contributed by atoms with Gasteiger partial charge in [0.25, 0.3) is 0 Å². The monoisotopic (exact) mass is 404 g/mol. The zero-order valence-electron chi connectivity index (χ0n) is 17.1. The number of carbonyl (C=O) groups is 2. The van der Waals surface area contributed by atoms with Crippen LogP contribution in [-0.4, -0.2) is 23.8 Å². The molecule has 0 spiro atoms. The maximum atomic E-state index is 13.2. The van der Waals surface area contributed by atoms with Gasteiger partial charge in [0.15, 0.2) is 5.78 Å². The van der Waals surface area contributed by atoms with Crippen LogP contribution in [0, 0.1) is 0 Å². The lowest BCUT2D eigenvalue weighted by atomic mass is 9.75. The van der Waals surface area contributed by atoms with E-state index < -0.39 is 11.9 Å². The lowest BCUT2D eigenvalue weighted by Gasteiger charge is -2.34. The molecular weight excluding hydrogens is 380 g/mol. The normalized spacial score (nSPS) is 18.6. The number of allylic oxidation sites excluding steroid dienone is 3. The number of ketones is 1. The summed E-state index contributed by atoms with van der Waals surface area (Å²) in [5, 5.41) is 3.30. The third-order valence-electron chi connectivity index (χ3n) is 5.52. The number of hydrogen-bond acceptors (Lipinski definition) is 6. The summed E-state index contributed by atoms with van der Waals surface area (Å²) in [5.41, 5.74) is 4.29. The SMILES string of the molecule is COc1ccc(C2C(C(=O)OCc3ccccn3)=C(C)NC3=C2C(=O)CCC3)cc1. The number of Topliss-reactive ketones (excluding diaryl/α,β-unsaturated/α-hetero) is 1. The Labute approximate surface area is 175 Å². The zero-order chi connectivity index (χ0) is 21.1. The number of aromatic nitrogens is 1. The predicted molar refractivity (Wildman–Crippen MR) is 111 cm³/mol. The van der Waals surface area contributed by atoms with Gasteiger partial charge in [-0.3, -0.25) is 9.78 Å². The summed E-state index contributed by atoms with van der Waals surface area (Å²) < 4.78 is 10.9. The summed E-state index contributed by atoms with van der Waals surface area (Å²) in [6.07, 6.45) is 3.75. The minimum atomic E-state index is -0.462. The van der Waals surface area contributed by atoms with E-state index in [4.69, 9.17) is 9.47 Å². The standard InChI is InChI=1S/C24H24N2O4/c1-15-21(24(28)30-14-17-6-3-4-13-25-17)22(16-9-11-18(29-2)12-10-16)23-19(26-15)7-5-8-20(23)27/h3-4,6,9-13,22,26H,5,7-8,14H2,1-2H3. The number of nitrogens with one attached hydrogen (secondary N) is 1. The van der Waals surface area contributed by atoms with Crippen molar-refractivity contribution in [3.05, 3.63) is 82.5 Å². The van der Waals surface area contributed by atoms with E-state index >= 15 is 0 Å². The van der Waals surface area contributed by atoms with Gasteiger partial charge in [0.2, 0.25) is 0 Å². The van der Waals surface area contributed by atoms with Crippen LogP contribution in [0.15, 0.2) is 71.2 Å². The molecule has 1 N–H and O–H groups in total. The average Bonchev–Trinajstić information content (AvgIpc) is 2.77. The van der Waals surface area contributed by atoms with Crippen LogP contribution in [0.3, 0.4) is 0 Å². The first-order valence-corrected chi connectivity index (χ1v) is 10.0. The minimum absolute atomic E-state index is 0.0750. The predicted octanol–water partition coefficient (Wildman–Crippen LogP) is 3.80. The molecule has 30 heavy (non-hydrogen) atoms. The second-order valence-corrected chi connectivity index (χ2v) is 7.44. The third-order valence-corrected chi connectivity index (χ3v) is 5.52. The number of nitrogens with zero attached hydrogens (tertiary/aromatic N) is 1. The molecule has 2 aliphatic rings. The molecule has 1 aliphatic carbocycles. The van der Waals surface area contributed by atoms with Gasteiger partial charge in [0.1, 0.15) is 12.4 Å². The van der Waals surface area contributed by atoms with Gasteiger partial charge >= 0.3 is 5.97 Å². The first-order valence-electron chi connectivity index (χ1n) is 10.0. The Bertz CT molecular complexity index is 1020. The van der Waals surface area contributed by atoms with Crippen molar-refractivity contribution >= 4 is 11.8 Å². The first kappa shape index (κ1) is 19.9. The summed E-state index contributed by atoms with van der Waals surface area (Å²) in [7, 11) is 1.61. The van der Waals surface area contributed by atoms with E-state index in [1.54, 1.807) is 19.4 Å². The second kappa shape index (κ2) is 8.53. The Hall–Kier alpha value is -3.41. The molecule has 1 aromatic carbocycles. The van der Waals surface area contributed by atoms with Crippen LogP contribution in [0.2, 0.25) is 0 Å². The number of ether oxygens (including phenoxy) is 2. The van der Waals surface area contributed by atoms with Crippen molar-refractivity contribution in [2.24, 2.45) is 0 Å². The molecule has 2 heterocycles. The number of methoxy groups -OCH3 is 1. The molecule has 4 rings (SSSR count). The largest absolute Gasteiger partial charge is 0.497 e. The van der Waals surface area contributed by atoms with Crippen molar-refractivity contribution in [1.82, 2.24) is 10.3 Å². The summed E-state index contributed by atoms with van der Waals surface area (Å²) >= 11 is 0. The maximum Gasteiger partial charge on any atom is 0.337 e. The smallest absolute Gasteiger partial charge is 0.337 e. The van der Waals surface area contributed by atoms with Crippen molar-refractivity contribution in [2.75, 3.05) is 7.11 Å². The van der Waals surface area contributed by atoms with E-state index in [-0.39, 0.29) is 12.4 Å². The van der Waals surface area contributed by atoms with Gasteiger partial charge in [0, 0.05) is 35.5 Å². The second-order valence-electron chi connectivity index (χ2n) is 7.44. The molecule has 0 fully saturated rings. The Kier molecular flexibility index (Phi) is 5.65. The fourth-order valence-corrected chi connectivity index (χ4v) is 4.08. The summed E-state index contributed by atoms with van der Waals surface area (Å²) in [6, 6.07) is 13.0. The number of dihydropyridines is 1. The van der Waals surface area contributed by atoms with Crippen LogP contribution in [-0.2, 0) is 20.9 Å². The van der Waals surface area contributed by atoms with Gasteiger partial charge in [-0.25, -0.2) is 4.79 Å². The van der Waals surface area contributed by atoms with Crippen molar-refractivity contribution in [1.29, 1.82) is 0 Å². The highest BCUT2D eigenvalue weighted by atomic mass is 16.5. The molecule has 0 saturated heterocycles. The number of rotatable bonds is 5. The van der Waals surface area contributed by atoms with E-state index in [1.807, 2.05) is 43.3 Å². The van der Waals surface area contributed by atoms with Crippen molar-refractivity contribution < 1.29 is 19.1 Å². The van der Waals surface area contributed by atoms with Crippen LogP contribution in [0.5, 0.6) is 5.75 Å². The quantitative estimate of drug-likeness (QED) is 0.764. The fraction of sp³-hybridized carbons (Fsp3) is 0.292. The lowest BCUT2D eigenvalue weighted by Crippen LogP contribution is -2.34. The highest BCUT2D eigenvalue weighted by Crippen LogP contribution is 2.42. The fourth-order valence-electron chi connectivity index (χ4n) is 4.08. The molecule has 0 bridgehead atoms. The minimum Gasteiger partial charge on any atom is -0.497 e. The van der Waals surface area contributed by atoms with Gasteiger partial charge in [-0.1, -0.05) is 18.2 Å². The Morgan fingerprint density at radius 3 is 2.67 bits per heavy atom. The number of carbonyl (C=O) groups excluding carboxylic acids is 2. The van der Waals surface area contributed by atoms with Crippen LogP contribution in [0.1, 0.15) is 43.4 Å². The highest BCUT2D eigenvalue weighted by Gasteiger charge is 2.39. The summed E-state index contributed by atoms with van der Waals surface area (Å²) in [4.78, 5) is 30.2. The third kappa shape index (κ3) is 3.85. The first-order chi connectivity index (χ1) is 14.6. The van der Waals surface area contributed by atoms with Crippen LogP contribution in [0.25, 0.3) is 0 Å². The highest BCUT2D eigenvalue weighted by molar-refractivity contribution is 6.03. The summed E-state index contributed by atoms with van der Waals surface area (Å²) in [6.45, 7) is 1.93. The maximum absolute atomic E-state index is 13.2. The number of hydrogen-bond donors (Lipinski definition) is 1. The van der Waals surface area contributed by atoms with Gasteiger partial charge in [-0.05, 0) is 49.6 Å². The van der Waals surface area contributed by atoms with Crippen LogP contribution in [0.4, 0.5) is 0 Å². The molecule has 0 radical (unpaired) electrons. The molecule has 1 atom stereocenters. The molecule has 1 aliphatic heterocycles. The molecular formula is C24H24N2O4. The Morgan fingerprint density at radius 1 is 1.17 bits per heavy atom. The van der Waals surface area contributed by atoms with Crippen molar-refractivity contribution in [2.45, 2.75) is 38.7 Å². The van der Waals surface area contributed by atoms with Crippen LogP contribution >= 0.6 is 0 Å². The zero-order valence-corrected chi connectivity index (χ0v) is 17.1. The van der Waals surface area contributed by atoms with Gasteiger partial charge < -0.3 is 14.8 Å². The lowest BCUT2D eigenvalue weighted by molar-refractivity contribution is -0.140. The molecule has 6 nitrogen and oxygen atoms in total. The molecule has 6 heteroatoms. The van der Waals surface area contributed by atoms with E-state index in [0.29, 0.717) is 23.3 Å². The molecule has 1 unspecified atom stereocenters. The molecule has 154 valence electrons. The topological polar surface area (TPSA) is 77.5 Å². The van der Waals surface area contributed by atoms with Crippen molar-refractivity contribution in [3.8, 4) is 5.75 Å². The van der Waals surface area contributed by atoms with E-state index in [2.05, 4.69) is 10.3 Å². The van der Waals surface area contributed by atoms with Gasteiger partial charge in [-0.2, -0.15) is 0 Å². The molecule has 2 aromatic rings. The number of esters is 1. The Balaban J connectivity index is 1.70. The molecule has 0 amide bonds. The van der Waals surface area contributed by atoms with E-state index in [9.17, 15) is 9.59 Å². The molecule has 1 aromatic heterocycles.